The predicted molar refractivity (Wildman–Crippen MR) is 67.3 cm³/mol. The highest BCUT2D eigenvalue weighted by atomic mass is 32.2. The molecule has 0 saturated carbocycles. The van der Waals surface area contributed by atoms with E-state index in [9.17, 15) is 19.4 Å². The Morgan fingerprint density at radius 2 is 2.28 bits per heavy atom. The molecule has 0 aromatic carbocycles. The molecule has 7 heteroatoms. The van der Waals surface area contributed by atoms with Crippen LogP contribution in [0, 0.1) is 5.82 Å². The Labute approximate surface area is 108 Å². The Balaban J connectivity index is 2.62. The number of aliphatic hydroxyl groups is 2. The second-order valence-corrected chi connectivity index (χ2v) is 5.04. The summed E-state index contributed by atoms with van der Waals surface area (Å²) in [7, 11) is 0. The summed E-state index contributed by atoms with van der Waals surface area (Å²) in [5.41, 5.74) is 5.53. The molecule has 0 spiro atoms. The van der Waals surface area contributed by atoms with Gasteiger partial charge in [-0.2, -0.15) is 0 Å². The van der Waals surface area contributed by atoms with E-state index in [4.69, 9.17) is 5.73 Å². The first-order valence-electron chi connectivity index (χ1n) is 5.32. The number of carbonyl (C=O) groups excluding carboxylic acids is 1. The standard InChI is InChI=1S/C11H15FN2O3S/c1-6(15)18-3-2-9(16)11(17)10-8(13)4-7(12)5-14-10/h4-5,9,11,16-17H,2-3,13H2,1H3. The lowest BCUT2D eigenvalue weighted by atomic mass is 10.1. The minimum atomic E-state index is -1.29. The number of rotatable bonds is 5. The minimum Gasteiger partial charge on any atom is -0.397 e. The fourth-order valence-corrected chi connectivity index (χ4v) is 2.02. The molecule has 0 amide bonds. The van der Waals surface area contributed by atoms with E-state index in [0.717, 1.165) is 24.0 Å². The topological polar surface area (TPSA) is 96.4 Å². The van der Waals surface area contributed by atoms with Gasteiger partial charge in [-0.25, -0.2) is 4.39 Å². The van der Waals surface area contributed by atoms with Crippen LogP contribution in [0.4, 0.5) is 10.1 Å². The Bertz CT molecular complexity index is 431. The number of aliphatic hydroxyl groups excluding tert-OH is 2. The van der Waals surface area contributed by atoms with Crippen LogP contribution in [-0.4, -0.2) is 32.2 Å². The highest BCUT2D eigenvalue weighted by molar-refractivity contribution is 8.13. The van der Waals surface area contributed by atoms with E-state index in [1.807, 2.05) is 0 Å². The zero-order valence-electron chi connectivity index (χ0n) is 9.84. The van der Waals surface area contributed by atoms with Crippen molar-refractivity contribution in [3.63, 3.8) is 0 Å². The Morgan fingerprint density at radius 1 is 1.61 bits per heavy atom. The van der Waals surface area contributed by atoms with E-state index in [-0.39, 0.29) is 22.9 Å². The summed E-state index contributed by atoms with van der Waals surface area (Å²) >= 11 is 1.06. The summed E-state index contributed by atoms with van der Waals surface area (Å²) in [6.07, 6.45) is -1.26. The molecule has 0 bridgehead atoms. The predicted octanol–water partition coefficient (Wildman–Crippen LogP) is 0.867. The molecule has 1 heterocycles. The minimum absolute atomic E-state index is 0.0132. The first kappa shape index (κ1) is 14.9. The summed E-state index contributed by atoms with van der Waals surface area (Å²) in [5.74, 6) is -0.223. The maximum Gasteiger partial charge on any atom is 0.185 e. The maximum atomic E-state index is 12.8. The number of aromatic nitrogens is 1. The molecule has 1 rings (SSSR count). The molecule has 100 valence electrons. The van der Waals surface area contributed by atoms with Crippen molar-refractivity contribution in [1.29, 1.82) is 0 Å². The van der Waals surface area contributed by atoms with E-state index in [0.29, 0.717) is 5.75 Å². The van der Waals surface area contributed by atoms with Crippen molar-refractivity contribution < 1.29 is 19.4 Å². The van der Waals surface area contributed by atoms with Crippen LogP contribution < -0.4 is 5.73 Å². The van der Waals surface area contributed by atoms with Crippen LogP contribution in [-0.2, 0) is 4.79 Å². The quantitative estimate of drug-likeness (QED) is 0.737. The number of hydrogen-bond donors (Lipinski definition) is 3. The number of nitrogens with zero attached hydrogens (tertiary/aromatic N) is 1. The maximum absolute atomic E-state index is 12.8. The van der Waals surface area contributed by atoms with Gasteiger partial charge in [-0.3, -0.25) is 9.78 Å². The van der Waals surface area contributed by atoms with E-state index >= 15 is 0 Å². The second-order valence-electron chi connectivity index (χ2n) is 3.77. The Hall–Kier alpha value is -1.18. The second kappa shape index (κ2) is 6.67. The van der Waals surface area contributed by atoms with Crippen molar-refractivity contribution >= 4 is 22.6 Å². The normalized spacial score (nSPS) is 14.2. The van der Waals surface area contributed by atoms with Gasteiger partial charge in [0.15, 0.2) is 5.12 Å². The number of halogens is 1. The van der Waals surface area contributed by atoms with Crippen LogP contribution in [0.2, 0.25) is 0 Å². The lowest BCUT2D eigenvalue weighted by Gasteiger charge is -2.18. The van der Waals surface area contributed by atoms with Gasteiger partial charge in [0.2, 0.25) is 0 Å². The van der Waals surface area contributed by atoms with E-state index in [1.165, 1.54) is 6.92 Å². The fraction of sp³-hybridized carbons (Fsp3) is 0.455. The molecule has 2 unspecified atom stereocenters. The molecule has 2 atom stereocenters. The van der Waals surface area contributed by atoms with Gasteiger partial charge in [-0.1, -0.05) is 11.8 Å². The van der Waals surface area contributed by atoms with Crippen LogP contribution in [0.15, 0.2) is 12.3 Å². The molecular formula is C11H15FN2O3S. The van der Waals surface area contributed by atoms with Crippen molar-refractivity contribution in [3.8, 4) is 0 Å². The summed E-state index contributed by atoms with van der Waals surface area (Å²) in [5, 5.41) is 19.5. The van der Waals surface area contributed by atoms with Gasteiger partial charge >= 0.3 is 0 Å². The molecule has 0 aliphatic heterocycles. The Kier molecular flexibility index (Phi) is 5.52. The first-order chi connectivity index (χ1) is 8.41. The molecule has 1 aromatic rings. The highest BCUT2D eigenvalue weighted by Crippen LogP contribution is 2.23. The van der Waals surface area contributed by atoms with Crippen LogP contribution in [0.25, 0.3) is 0 Å². The largest absolute Gasteiger partial charge is 0.397 e. The van der Waals surface area contributed by atoms with E-state index in [2.05, 4.69) is 4.98 Å². The molecule has 0 saturated heterocycles. The van der Waals surface area contributed by atoms with Crippen molar-refractivity contribution in [2.75, 3.05) is 11.5 Å². The van der Waals surface area contributed by atoms with Gasteiger partial charge in [-0.15, -0.1) is 0 Å². The zero-order valence-corrected chi connectivity index (χ0v) is 10.7. The van der Waals surface area contributed by atoms with Crippen molar-refractivity contribution in [3.05, 3.63) is 23.8 Å². The third kappa shape index (κ3) is 4.25. The average Bonchev–Trinajstić information content (AvgIpc) is 2.27. The smallest absolute Gasteiger partial charge is 0.185 e. The van der Waals surface area contributed by atoms with Gasteiger partial charge in [0.05, 0.1) is 23.7 Å². The molecule has 5 nitrogen and oxygen atoms in total. The van der Waals surface area contributed by atoms with Gasteiger partial charge in [0.1, 0.15) is 11.9 Å². The molecule has 0 aliphatic rings. The lowest BCUT2D eigenvalue weighted by molar-refractivity contribution is -0.109. The van der Waals surface area contributed by atoms with E-state index < -0.39 is 18.0 Å². The molecule has 0 radical (unpaired) electrons. The average molecular weight is 274 g/mol. The van der Waals surface area contributed by atoms with Crippen LogP contribution >= 0.6 is 11.8 Å². The highest BCUT2D eigenvalue weighted by Gasteiger charge is 2.22. The third-order valence-corrected chi connectivity index (χ3v) is 3.13. The van der Waals surface area contributed by atoms with Gasteiger partial charge in [0.25, 0.3) is 0 Å². The summed E-state index contributed by atoms with van der Waals surface area (Å²) in [6, 6.07) is 1.03. The van der Waals surface area contributed by atoms with Crippen LogP contribution in [0.5, 0.6) is 0 Å². The summed E-state index contributed by atoms with van der Waals surface area (Å²) in [4.78, 5) is 14.4. The van der Waals surface area contributed by atoms with Crippen molar-refractivity contribution in [1.82, 2.24) is 4.98 Å². The molecule has 1 aromatic heterocycles. The number of hydrogen-bond acceptors (Lipinski definition) is 6. The summed E-state index contributed by atoms with van der Waals surface area (Å²) in [6.45, 7) is 1.42. The SMILES string of the molecule is CC(=O)SCCC(O)C(O)c1ncc(F)cc1N. The Morgan fingerprint density at radius 3 is 2.83 bits per heavy atom. The molecular weight excluding hydrogens is 259 g/mol. The monoisotopic (exact) mass is 274 g/mol. The number of carbonyl (C=O) groups is 1. The number of pyridine rings is 1. The lowest BCUT2D eigenvalue weighted by Crippen LogP contribution is -2.21. The number of nitrogen functional groups attached to an aromatic ring is 1. The van der Waals surface area contributed by atoms with Gasteiger partial charge < -0.3 is 15.9 Å². The first-order valence-corrected chi connectivity index (χ1v) is 6.30. The number of thioether (sulfide) groups is 1. The van der Waals surface area contributed by atoms with Crippen LogP contribution in [0.3, 0.4) is 0 Å². The van der Waals surface area contributed by atoms with E-state index in [1.54, 1.807) is 0 Å². The van der Waals surface area contributed by atoms with Crippen molar-refractivity contribution in [2.24, 2.45) is 0 Å². The summed E-state index contributed by atoms with van der Waals surface area (Å²) < 4.78 is 12.8. The number of nitrogens with two attached hydrogens (primary N) is 1. The molecule has 0 fully saturated rings. The zero-order chi connectivity index (χ0) is 13.7. The molecule has 18 heavy (non-hydrogen) atoms. The van der Waals surface area contributed by atoms with Gasteiger partial charge in [-0.05, 0) is 6.42 Å². The van der Waals surface area contributed by atoms with Gasteiger partial charge in [0, 0.05) is 18.7 Å². The van der Waals surface area contributed by atoms with Crippen LogP contribution in [0.1, 0.15) is 25.1 Å². The molecule has 0 aliphatic carbocycles. The number of anilines is 1. The molecule has 4 N–H and O–H groups in total. The third-order valence-electron chi connectivity index (χ3n) is 2.28. The van der Waals surface area contributed by atoms with Crippen molar-refractivity contribution in [2.45, 2.75) is 25.6 Å². The fourth-order valence-electron chi connectivity index (χ4n) is 1.38.